The van der Waals surface area contributed by atoms with E-state index in [0.717, 1.165) is 5.75 Å². The number of Topliss-reactive ketones (excluding diaryl/α,β-unsaturated/α-hetero) is 1. The van der Waals surface area contributed by atoms with E-state index in [4.69, 9.17) is 0 Å². The Morgan fingerprint density at radius 1 is 1.28 bits per heavy atom. The average Bonchev–Trinajstić information content (AvgIpc) is 2.34. The number of ketones is 1. The second-order valence-electron chi connectivity index (χ2n) is 4.70. The molecule has 1 N–H and O–H groups in total. The first-order valence-corrected chi connectivity index (χ1v) is 7.54. The molecule has 0 bridgehead atoms. The number of hydrogen-bond acceptors (Lipinski definition) is 3. The van der Waals surface area contributed by atoms with Crippen LogP contribution in [0.5, 0.6) is 0 Å². The van der Waals surface area contributed by atoms with Crippen LogP contribution in [0.3, 0.4) is 0 Å². The van der Waals surface area contributed by atoms with Crippen molar-refractivity contribution in [2.24, 2.45) is 0 Å². The second kappa shape index (κ2) is 7.59. The maximum atomic E-state index is 11.9. The van der Waals surface area contributed by atoms with Gasteiger partial charge in [0.2, 0.25) is 0 Å². The van der Waals surface area contributed by atoms with Gasteiger partial charge < -0.3 is 5.32 Å². The van der Waals surface area contributed by atoms with Crippen LogP contribution in [0.1, 0.15) is 38.5 Å². The molecule has 0 heterocycles. The van der Waals surface area contributed by atoms with Crippen molar-refractivity contribution in [3.8, 4) is 0 Å². The van der Waals surface area contributed by atoms with E-state index in [1.807, 2.05) is 30.0 Å². The van der Waals surface area contributed by atoms with E-state index in [0.29, 0.717) is 6.04 Å². The number of carbonyl (C=O) groups excluding carboxylic acids is 1. The van der Waals surface area contributed by atoms with Gasteiger partial charge in [-0.15, -0.1) is 0 Å². The fourth-order valence-corrected chi connectivity index (χ4v) is 3.16. The lowest BCUT2D eigenvalue weighted by Crippen LogP contribution is -2.43. The van der Waals surface area contributed by atoms with Crippen LogP contribution < -0.4 is 5.32 Å². The van der Waals surface area contributed by atoms with Crippen molar-refractivity contribution in [3.63, 3.8) is 0 Å². The summed E-state index contributed by atoms with van der Waals surface area (Å²) >= 11 is 1.82. The summed E-state index contributed by atoms with van der Waals surface area (Å²) < 4.78 is 0. The Kier molecular flexibility index (Phi) is 6.44. The van der Waals surface area contributed by atoms with Gasteiger partial charge in [-0.05, 0) is 18.2 Å². The van der Waals surface area contributed by atoms with Gasteiger partial charge in [-0.2, -0.15) is 11.8 Å². The molecule has 2 nitrogen and oxygen atoms in total. The third-order valence-electron chi connectivity index (χ3n) is 2.73. The Hall–Kier alpha value is -0.800. The van der Waals surface area contributed by atoms with Crippen LogP contribution in [-0.2, 0) is 4.79 Å². The standard InChI is InChI=1S/C15H23NOS/c1-5-18-15(13-9-7-6-8-10-13)14(12(4)17)16-11(2)3/h6-11,14-16H,5H2,1-4H3. The first kappa shape index (κ1) is 15.3. The minimum absolute atomic E-state index is 0.114. The molecule has 0 amide bonds. The summed E-state index contributed by atoms with van der Waals surface area (Å²) in [6.45, 7) is 7.96. The van der Waals surface area contributed by atoms with E-state index in [1.54, 1.807) is 6.92 Å². The van der Waals surface area contributed by atoms with Gasteiger partial charge >= 0.3 is 0 Å². The predicted octanol–water partition coefficient (Wildman–Crippen LogP) is 3.44. The van der Waals surface area contributed by atoms with Crippen molar-refractivity contribution in [1.82, 2.24) is 5.32 Å². The van der Waals surface area contributed by atoms with Crippen molar-refractivity contribution < 1.29 is 4.79 Å². The van der Waals surface area contributed by atoms with Crippen molar-refractivity contribution >= 4 is 17.5 Å². The lowest BCUT2D eigenvalue weighted by molar-refractivity contribution is -0.119. The molecule has 1 aromatic rings. The van der Waals surface area contributed by atoms with E-state index >= 15 is 0 Å². The van der Waals surface area contributed by atoms with Crippen LogP contribution in [0.2, 0.25) is 0 Å². The number of carbonyl (C=O) groups is 1. The Balaban J connectivity index is 2.97. The van der Waals surface area contributed by atoms with Gasteiger partial charge in [-0.1, -0.05) is 51.1 Å². The monoisotopic (exact) mass is 265 g/mol. The van der Waals surface area contributed by atoms with E-state index in [2.05, 4.69) is 38.2 Å². The normalized spacial score (nSPS) is 14.5. The molecule has 0 aliphatic rings. The molecular weight excluding hydrogens is 242 g/mol. The van der Waals surface area contributed by atoms with Gasteiger partial charge in [0, 0.05) is 6.04 Å². The number of nitrogens with one attached hydrogen (secondary N) is 1. The maximum absolute atomic E-state index is 11.9. The Morgan fingerprint density at radius 3 is 2.33 bits per heavy atom. The Labute approximate surface area is 115 Å². The number of hydrogen-bond donors (Lipinski definition) is 1. The molecule has 0 saturated carbocycles. The third-order valence-corrected chi connectivity index (χ3v) is 3.96. The van der Waals surface area contributed by atoms with E-state index in [9.17, 15) is 4.79 Å². The first-order valence-electron chi connectivity index (χ1n) is 6.49. The largest absolute Gasteiger partial charge is 0.304 e. The molecule has 1 rings (SSSR count). The fourth-order valence-electron chi connectivity index (χ4n) is 1.98. The molecule has 0 spiro atoms. The molecular formula is C15H23NOS. The van der Waals surface area contributed by atoms with E-state index in [1.165, 1.54) is 5.56 Å². The molecule has 100 valence electrons. The molecule has 1 aromatic carbocycles. The minimum Gasteiger partial charge on any atom is -0.304 e. The highest BCUT2D eigenvalue weighted by molar-refractivity contribution is 7.99. The SMILES string of the molecule is CCSC(c1ccccc1)C(NC(C)C)C(C)=O. The third kappa shape index (κ3) is 4.46. The quantitative estimate of drug-likeness (QED) is 0.819. The van der Waals surface area contributed by atoms with Crippen molar-refractivity contribution in [2.45, 2.75) is 45.0 Å². The smallest absolute Gasteiger partial charge is 0.148 e. The second-order valence-corrected chi connectivity index (χ2v) is 6.11. The molecule has 2 atom stereocenters. The number of thioether (sulfide) groups is 1. The summed E-state index contributed by atoms with van der Waals surface area (Å²) in [5, 5.41) is 3.58. The summed E-state index contributed by atoms with van der Waals surface area (Å²) in [5.74, 6) is 1.21. The van der Waals surface area contributed by atoms with Crippen molar-refractivity contribution in [3.05, 3.63) is 35.9 Å². The first-order chi connectivity index (χ1) is 8.56. The van der Waals surface area contributed by atoms with Crippen LogP contribution in [0.25, 0.3) is 0 Å². The Bertz CT molecular complexity index is 364. The van der Waals surface area contributed by atoms with E-state index in [-0.39, 0.29) is 17.1 Å². The van der Waals surface area contributed by atoms with Gasteiger partial charge in [-0.25, -0.2) is 0 Å². The summed E-state index contributed by atoms with van der Waals surface area (Å²) in [6, 6.07) is 10.5. The molecule has 2 unspecified atom stereocenters. The van der Waals surface area contributed by atoms with Crippen LogP contribution >= 0.6 is 11.8 Å². The zero-order chi connectivity index (χ0) is 13.5. The van der Waals surface area contributed by atoms with Crippen LogP contribution in [0.4, 0.5) is 0 Å². The number of benzene rings is 1. The molecule has 18 heavy (non-hydrogen) atoms. The average molecular weight is 265 g/mol. The zero-order valence-electron chi connectivity index (χ0n) is 11.6. The highest BCUT2D eigenvalue weighted by Crippen LogP contribution is 2.32. The van der Waals surface area contributed by atoms with Crippen molar-refractivity contribution in [2.75, 3.05) is 5.75 Å². The molecule has 0 saturated heterocycles. The maximum Gasteiger partial charge on any atom is 0.148 e. The molecule has 0 aromatic heterocycles. The van der Waals surface area contributed by atoms with Gasteiger partial charge in [0.05, 0.1) is 11.3 Å². The van der Waals surface area contributed by atoms with Crippen LogP contribution in [-0.4, -0.2) is 23.6 Å². The summed E-state index contributed by atoms with van der Waals surface area (Å²) in [7, 11) is 0. The molecule has 0 radical (unpaired) electrons. The topological polar surface area (TPSA) is 29.1 Å². The van der Waals surface area contributed by atoms with E-state index < -0.39 is 0 Å². The van der Waals surface area contributed by atoms with Gasteiger partial charge in [-0.3, -0.25) is 4.79 Å². The van der Waals surface area contributed by atoms with Gasteiger partial charge in [0.25, 0.3) is 0 Å². The molecule has 0 fully saturated rings. The molecule has 0 aliphatic heterocycles. The summed E-state index contributed by atoms with van der Waals surface area (Å²) in [5.41, 5.74) is 1.22. The van der Waals surface area contributed by atoms with Gasteiger partial charge in [0.1, 0.15) is 5.78 Å². The Morgan fingerprint density at radius 2 is 1.89 bits per heavy atom. The van der Waals surface area contributed by atoms with Crippen molar-refractivity contribution in [1.29, 1.82) is 0 Å². The lowest BCUT2D eigenvalue weighted by Gasteiger charge is -2.27. The predicted molar refractivity (Wildman–Crippen MR) is 80.1 cm³/mol. The summed E-state index contributed by atoms with van der Waals surface area (Å²) in [4.78, 5) is 11.9. The van der Waals surface area contributed by atoms with Crippen LogP contribution in [0, 0.1) is 0 Å². The highest BCUT2D eigenvalue weighted by Gasteiger charge is 2.27. The minimum atomic E-state index is -0.114. The molecule has 0 aliphatic carbocycles. The highest BCUT2D eigenvalue weighted by atomic mass is 32.2. The zero-order valence-corrected chi connectivity index (χ0v) is 12.5. The van der Waals surface area contributed by atoms with Gasteiger partial charge in [0.15, 0.2) is 0 Å². The number of rotatable bonds is 7. The lowest BCUT2D eigenvalue weighted by atomic mass is 10.0. The summed E-state index contributed by atoms with van der Waals surface area (Å²) in [6.07, 6.45) is 0. The van der Waals surface area contributed by atoms with Crippen LogP contribution in [0.15, 0.2) is 30.3 Å². The fraction of sp³-hybridized carbons (Fsp3) is 0.533. The molecule has 3 heteroatoms.